The van der Waals surface area contributed by atoms with Crippen molar-refractivity contribution in [1.29, 1.82) is 0 Å². The van der Waals surface area contributed by atoms with Gasteiger partial charge in [-0.2, -0.15) is 0 Å². The summed E-state index contributed by atoms with van der Waals surface area (Å²) in [5, 5.41) is 0. The fraction of sp³-hybridized carbons (Fsp3) is 0.154. The summed E-state index contributed by atoms with van der Waals surface area (Å²) in [6, 6.07) is 13.3. The third-order valence-corrected chi connectivity index (χ3v) is 2.68. The first-order valence-electron chi connectivity index (χ1n) is 5.16. The summed E-state index contributed by atoms with van der Waals surface area (Å²) in [6.07, 6.45) is 0. The van der Waals surface area contributed by atoms with Crippen LogP contribution in [0.25, 0.3) is 0 Å². The number of ether oxygens (including phenoxy) is 2. The van der Waals surface area contributed by atoms with E-state index in [9.17, 15) is 0 Å². The van der Waals surface area contributed by atoms with Gasteiger partial charge >= 0.3 is 0 Å². The van der Waals surface area contributed by atoms with E-state index < -0.39 is 0 Å². The zero-order valence-corrected chi connectivity index (χ0v) is 11.0. The van der Waals surface area contributed by atoms with Crippen LogP contribution in [0.2, 0.25) is 0 Å². The highest BCUT2D eigenvalue weighted by molar-refractivity contribution is 9.10. The van der Waals surface area contributed by atoms with E-state index in [1.54, 1.807) is 7.11 Å². The molecule has 0 amide bonds. The van der Waals surface area contributed by atoms with Gasteiger partial charge in [-0.05, 0) is 39.7 Å². The zero-order chi connectivity index (χ0) is 12.1. The minimum Gasteiger partial charge on any atom is -0.497 e. The number of methoxy groups -OCH3 is 1. The summed E-state index contributed by atoms with van der Waals surface area (Å²) in [4.78, 5) is 4.19. The maximum absolute atomic E-state index is 5.56. The second-order valence-electron chi connectivity index (χ2n) is 3.44. The molecule has 88 valence electrons. The summed E-state index contributed by atoms with van der Waals surface area (Å²) in [5.74, 6) is 1.45. The largest absolute Gasteiger partial charge is 0.497 e. The molecule has 0 bridgehead atoms. The second-order valence-corrected chi connectivity index (χ2v) is 4.25. The minimum atomic E-state index is 0.493. The Kier molecular flexibility index (Phi) is 3.98. The van der Waals surface area contributed by atoms with Crippen LogP contribution in [0.3, 0.4) is 0 Å². The second kappa shape index (κ2) is 5.68. The Bertz CT molecular complexity index is 485. The van der Waals surface area contributed by atoms with Crippen LogP contribution in [0.4, 0.5) is 0 Å². The van der Waals surface area contributed by atoms with Crippen LogP contribution in [0.1, 0.15) is 5.56 Å². The van der Waals surface area contributed by atoms with Crippen LogP contribution in [0, 0.1) is 0 Å². The van der Waals surface area contributed by atoms with Gasteiger partial charge in [-0.15, -0.1) is 0 Å². The Hall–Kier alpha value is -1.55. The summed E-state index contributed by atoms with van der Waals surface area (Å²) < 4.78 is 11.4. The third kappa shape index (κ3) is 3.46. The summed E-state index contributed by atoms with van der Waals surface area (Å²) in [6.45, 7) is 0.493. The van der Waals surface area contributed by atoms with E-state index in [0.717, 1.165) is 15.9 Å². The van der Waals surface area contributed by atoms with Crippen LogP contribution in [0.15, 0.2) is 47.1 Å². The van der Waals surface area contributed by atoms with Gasteiger partial charge in [0.1, 0.15) is 17.0 Å². The molecule has 0 aliphatic rings. The topological polar surface area (TPSA) is 31.4 Å². The smallest absolute Gasteiger partial charge is 0.214 e. The highest BCUT2D eigenvalue weighted by atomic mass is 79.9. The molecule has 0 saturated carbocycles. The van der Waals surface area contributed by atoms with E-state index in [1.165, 1.54) is 0 Å². The number of hydrogen-bond donors (Lipinski definition) is 0. The van der Waals surface area contributed by atoms with E-state index >= 15 is 0 Å². The van der Waals surface area contributed by atoms with Crippen molar-refractivity contribution in [3.8, 4) is 11.6 Å². The Labute approximate surface area is 109 Å². The highest BCUT2D eigenvalue weighted by Gasteiger charge is 1.98. The average molecular weight is 294 g/mol. The van der Waals surface area contributed by atoms with Gasteiger partial charge in [0.25, 0.3) is 0 Å². The van der Waals surface area contributed by atoms with Crippen molar-refractivity contribution in [3.63, 3.8) is 0 Å². The Morgan fingerprint density at radius 3 is 2.53 bits per heavy atom. The van der Waals surface area contributed by atoms with E-state index in [1.807, 2.05) is 42.5 Å². The van der Waals surface area contributed by atoms with Crippen LogP contribution >= 0.6 is 15.9 Å². The average Bonchev–Trinajstić information content (AvgIpc) is 2.37. The summed E-state index contributed by atoms with van der Waals surface area (Å²) in [7, 11) is 1.65. The molecule has 4 heteroatoms. The Morgan fingerprint density at radius 1 is 1.12 bits per heavy atom. The van der Waals surface area contributed by atoms with Crippen molar-refractivity contribution < 1.29 is 9.47 Å². The molecule has 0 radical (unpaired) electrons. The molecular weight excluding hydrogens is 282 g/mol. The molecule has 0 unspecified atom stereocenters. The molecule has 1 aromatic heterocycles. The molecule has 0 aliphatic heterocycles. The first-order chi connectivity index (χ1) is 8.28. The van der Waals surface area contributed by atoms with Crippen LogP contribution in [0.5, 0.6) is 11.6 Å². The van der Waals surface area contributed by atoms with E-state index in [-0.39, 0.29) is 0 Å². The number of pyridine rings is 1. The van der Waals surface area contributed by atoms with Gasteiger partial charge in [-0.3, -0.25) is 0 Å². The Morgan fingerprint density at radius 2 is 1.88 bits per heavy atom. The van der Waals surface area contributed by atoms with Crippen molar-refractivity contribution in [2.24, 2.45) is 0 Å². The molecule has 17 heavy (non-hydrogen) atoms. The van der Waals surface area contributed by atoms with Crippen LogP contribution in [-0.4, -0.2) is 12.1 Å². The lowest BCUT2D eigenvalue weighted by Gasteiger charge is -2.06. The SMILES string of the molecule is COc1ccc(COc2cccc(Br)n2)cc1. The van der Waals surface area contributed by atoms with Crippen molar-refractivity contribution >= 4 is 15.9 Å². The lowest BCUT2D eigenvalue weighted by Crippen LogP contribution is -1.97. The summed E-state index contributed by atoms with van der Waals surface area (Å²) in [5.41, 5.74) is 1.08. The van der Waals surface area contributed by atoms with Crippen molar-refractivity contribution in [1.82, 2.24) is 4.98 Å². The molecule has 0 saturated heterocycles. The molecular formula is C13H12BrNO2. The quantitative estimate of drug-likeness (QED) is 0.810. The molecule has 1 aromatic carbocycles. The molecule has 0 N–H and O–H groups in total. The Balaban J connectivity index is 1.97. The zero-order valence-electron chi connectivity index (χ0n) is 9.39. The fourth-order valence-electron chi connectivity index (χ4n) is 1.35. The van der Waals surface area contributed by atoms with Crippen molar-refractivity contribution in [3.05, 3.63) is 52.6 Å². The molecule has 1 heterocycles. The maximum Gasteiger partial charge on any atom is 0.214 e. The monoisotopic (exact) mass is 293 g/mol. The lowest BCUT2D eigenvalue weighted by molar-refractivity contribution is 0.293. The highest BCUT2D eigenvalue weighted by Crippen LogP contribution is 2.15. The molecule has 0 aliphatic carbocycles. The van der Waals surface area contributed by atoms with Gasteiger partial charge in [0, 0.05) is 6.07 Å². The maximum atomic E-state index is 5.56. The van der Waals surface area contributed by atoms with Crippen molar-refractivity contribution in [2.45, 2.75) is 6.61 Å². The van der Waals surface area contributed by atoms with E-state index in [0.29, 0.717) is 12.5 Å². The van der Waals surface area contributed by atoms with E-state index in [4.69, 9.17) is 9.47 Å². The number of halogens is 1. The molecule has 3 nitrogen and oxygen atoms in total. The standard InChI is InChI=1S/C13H12BrNO2/c1-16-11-7-5-10(6-8-11)9-17-13-4-2-3-12(14)15-13/h2-8H,9H2,1H3. The van der Waals surface area contributed by atoms with Gasteiger partial charge in [-0.1, -0.05) is 18.2 Å². The van der Waals surface area contributed by atoms with Crippen LogP contribution in [-0.2, 0) is 6.61 Å². The molecule has 2 rings (SSSR count). The molecule has 2 aromatic rings. The first-order valence-corrected chi connectivity index (χ1v) is 5.95. The van der Waals surface area contributed by atoms with E-state index in [2.05, 4.69) is 20.9 Å². The van der Waals surface area contributed by atoms with Crippen LogP contribution < -0.4 is 9.47 Å². The van der Waals surface area contributed by atoms with Gasteiger partial charge in [0.15, 0.2) is 0 Å². The number of nitrogens with zero attached hydrogens (tertiary/aromatic N) is 1. The van der Waals surface area contributed by atoms with Gasteiger partial charge < -0.3 is 9.47 Å². The molecule has 0 spiro atoms. The first kappa shape index (κ1) is 11.9. The number of aromatic nitrogens is 1. The minimum absolute atomic E-state index is 0.493. The third-order valence-electron chi connectivity index (χ3n) is 2.24. The summed E-state index contributed by atoms with van der Waals surface area (Å²) >= 11 is 3.30. The van der Waals surface area contributed by atoms with Gasteiger partial charge in [0.2, 0.25) is 5.88 Å². The fourth-order valence-corrected chi connectivity index (χ4v) is 1.68. The predicted molar refractivity (Wildman–Crippen MR) is 69.3 cm³/mol. The lowest BCUT2D eigenvalue weighted by atomic mass is 10.2. The van der Waals surface area contributed by atoms with Gasteiger partial charge in [-0.25, -0.2) is 4.98 Å². The predicted octanol–water partition coefficient (Wildman–Crippen LogP) is 3.43. The number of benzene rings is 1. The van der Waals surface area contributed by atoms with Crippen molar-refractivity contribution in [2.75, 3.05) is 7.11 Å². The molecule has 0 fully saturated rings. The normalized spacial score (nSPS) is 10.0. The molecule has 0 atom stereocenters. The number of hydrogen-bond acceptors (Lipinski definition) is 3. The van der Waals surface area contributed by atoms with Gasteiger partial charge in [0.05, 0.1) is 7.11 Å². The number of rotatable bonds is 4.